The zero-order valence-corrected chi connectivity index (χ0v) is 14.9. The zero-order chi connectivity index (χ0) is 15.7. The maximum atomic E-state index is 6.04. The van der Waals surface area contributed by atoms with E-state index in [0.717, 1.165) is 16.0 Å². The summed E-state index contributed by atoms with van der Waals surface area (Å²) in [5.74, 6) is 0.832. The topological polar surface area (TPSA) is 57.4 Å². The Hall–Kier alpha value is -0.980. The average Bonchev–Trinajstić information content (AvgIpc) is 2.72. The minimum absolute atomic E-state index is 0.173. The van der Waals surface area contributed by atoms with Crippen LogP contribution in [0.2, 0.25) is 0 Å². The summed E-state index contributed by atoms with van der Waals surface area (Å²) in [6, 6.07) is 5.83. The molecule has 0 saturated heterocycles. The molecule has 6 heteroatoms. The fourth-order valence-electron chi connectivity index (χ4n) is 1.59. The van der Waals surface area contributed by atoms with Crippen molar-refractivity contribution in [1.29, 1.82) is 0 Å². The lowest BCUT2D eigenvalue weighted by Crippen LogP contribution is -2.26. The third-order valence-electron chi connectivity index (χ3n) is 3.58. The van der Waals surface area contributed by atoms with E-state index in [9.17, 15) is 0 Å². The molecule has 1 heterocycles. The Balaban J connectivity index is 1.88. The first-order valence-electron chi connectivity index (χ1n) is 6.85. The summed E-state index contributed by atoms with van der Waals surface area (Å²) < 4.78 is 13.0. The molecular weight excluding hydrogens is 304 g/mol. The summed E-state index contributed by atoms with van der Waals surface area (Å²) in [5.41, 5.74) is 6.62. The van der Waals surface area contributed by atoms with E-state index in [4.69, 9.17) is 14.7 Å². The molecule has 0 atom stereocenters. The van der Waals surface area contributed by atoms with Gasteiger partial charge in [-0.3, -0.25) is 0 Å². The number of hydrogen-bond acceptors (Lipinski definition) is 5. The number of ether oxygens (including phenoxy) is 1. The summed E-state index contributed by atoms with van der Waals surface area (Å²) in [5, 5.41) is 0.584. The van der Waals surface area contributed by atoms with Crippen LogP contribution in [-0.2, 0) is 4.18 Å². The minimum atomic E-state index is -1.09. The van der Waals surface area contributed by atoms with Crippen molar-refractivity contribution >= 4 is 37.0 Å². The molecule has 1 aromatic heterocycles. The summed E-state index contributed by atoms with van der Waals surface area (Å²) >= 11 is 1.47. The van der Waals surface area contributed by atoms with Crippen LogP contribution >= 0.6 is 21.6 Å². The Labute approximate surface area is 132 Å². The molecule has 4 nitrogen and oxygen atoms in total. The summed E-state index contributed by atoms with van der Waals surface area (Å²) in [6.45, 7) is 7.79. The van der Waals surface area contributed by atoms with E-state index in [1.54, 1.807) is 0 Å². The maximum absolute atomic E-state index is 6.04. The van der Waals surface area contributed by atoms with Crippen molar-refractivity contribution in [2.24, 2.45) is 0 Å². The molecule has 0 bridgehead atoms. The second-order valence-electron chi connectivity index (χ2n) is 6.20. The van der Waals surface area contributed by atoms with Crippen LogP contribution in [0, 0.1) is 0 Å². The molecule has 1 aromatic carbocycles. The molecule has 2 N–H and O–H groups in total. The van der Waals surface area contributed by atoms with E-state index in [1.807, 2.05) is 18.2 Å². The van der Waals surface area contributed by atoms with Crippen molar-refractivity contribution in [2.75, 3.05) is 31.5 Å². The molecule has 0 aliphatic carbocycles. The molecule has 0 aliphatic heterocycles. The highest BCUT2D eigenvalue weighted by atomic mass is 32.3. The molecule has 0 spiro atoms. The van der Waals surface area contributed by atoms with Crippen LogP contribution in [0.5, 0.6) is 5.75 Å². The molecule has 0 aliphatic rings. The van der Waals surface area contributed by atoms with Crippen LogP contribution in [0.15, 0.2) is 18.2 Å². The molecule has 0 radical (unpaired) electrons. The summed E-state index contributed by atoms with van der Waals surface area (Å²) in [6.07, 6.45) is 4.39. The standard InChI is InChI=1S/C15H24N2O2S2/c1-15(2,3)21(4,5)19-9-8-18-11-6-7-12-13(10-11)20-14(16)17-12/h6-7,10H,8-9H2,1-5H3,(H2,16,17). The zero-order valence-electron chi connectivity index (χ0n) is 13.3. The molecule has 0 fully saturated rings. The van der Waals surface area contributed by atoms with E-state index in [2.05, 4.69) is 38.3 Å². The van der Waals surface area contributed by atoms with Crippen molar-refractivity contribution in [3.63, 3.8) is 0 Å². The van der Waals surface area contributed by atoms with E-state index in [1.165, 1.54) is 11.3 Å². The quantitative estimate of drug-likeness (QED) is 0.841. The lowest BCUT2D eigenvalue weighted by atomic mass is 10.3. The number of hydrogen-bond donors (Lipinski definition) is 1. The molecule has 0 amide bonds. The number of fused-ring (bicyclic) bond motifs is 1. The van der Waals surface area contributed by atoms with Crippen LogP contribution in [-0.4, -0.2) is 35.5 Å². The van der Waals surface area contributed by atoms with Crippen LogP contribution in [0.3, 0.4) is 0 Å². The van der Waals surface area contributed by atoms with Gasteiger partial charge in [-0.05, 0) is 30.7 Å². The predicted molar refractivity (Wildman–Crippen MR) is 94.7 cm³/mol. The highest BCUT2D eigenvalue weighted by molar-refractivity contribution is 8.29. The van der Waals surface area contributed by atoms with Gasteiger partial charge in [-0.2, -0.15) is 0 Å². The smallest absolute Gasteiger partial charge is 0.181 e. The Morgan fingerprint density at radius 1 is 1.24 bits per heavy atom. The van der Waals surface area contributed by atoms with Crippen LogP contribution in [0.4, 0.5) is 5.13 Å². The van der Waals surface area contributed by atoms with E-state index >= 15 is 0 Å². The van der Waals surface area contributed by atoms with Gasteiger partial charge in [0.05, 0.1) is 16.8 Å². The lowest BCUT2D eigenvalue weighted by Gasteiger charge is -2.43. The van der Waals surface area contributed by atoms with Crippen LogP contribution in [0.1, 0.15) is 20.8 Å². The van der Waals surface area contributed by atoms with Gasteiger partial charge in [-0.1, -0.05) is 32.1 Å². The number of nitrogens with zero attached hydrogens (tertiary/aromatic N) is 1. The fraction of sp³-hybridized carbons (Fsp3) is 0.533. The van der Waals surface area contributed by atoms with Gasteiger partial charge in [0.1, 0.15) is 12.4 Å². The molecule has 118 valence electrons. The van der Waals surface area contributed by atoms with Crippen LogP contribution < -0.4 is 10.5 Å². The molecule has 21 heavy (non-hydrogen) atoms. The first-order chi connectivity index (χ1) is 9.69. The van der Waals surface area contributed by atoms with E-state index < -0.39 is 10.3 Å². The second-order valence-corrected chi connectivity index (χ2v) is 11.2. The second kappa shape index (κ2) is 6.02. The number of rotatable bonds is 5. The first-order valence-corrected chi connectivity index (χ1v) is 10.0. The number of thiazole rings is 1. The van der Waals surface area contributed by atoms with E-state index in [-0.39, 0.29) is 4.75 Å². The van der Waals surface area contributed by atoms with Gasteiger partial charge < -0.3 is 14.7 Å². The number of nitrogens with two attached hydrogens (primary N) is 1. The van der Waals surface area contributed by atoms with Gasteiger partial charge in [0.2, 0.25) is 0 Å². The van der Waals surface area contributed by atoms with Crippen molar-refractivity contribution in [1.82, 2.24) is 4.98 Å². The number of nitrogen functional groups attached to an aromatic ring is 1. The van der Waals surface area contributed by atoms with Gasteiger partial charge in [0.15, 0.2) is 5.13 Å². The van der Waals surface area contributed by atoms with Gasteiger partial charge in [-0.15, -0.1) is 10.3 Å². The molecule has 2 aromatic rings. The molecule has 0 saturated carbocycles. The van der Waals surface area contributed by atoms with Gasteiger partial charge in [-0.25, -0.2) is 4.98 Å². The third kappa shape index (κ3) is 4.02. The Morgan fingerprint density at radius 2 is 1.95 bits per heavy atom. The molecule has 2 rings (SSSR count). The van der Waals surface area contributed by atoms with Gasteiger partial charge >= 0.3 is 0 Å². The first kappa shape index (κ1) is 16.4. The number of anilines is 1. The Morgan fingerprint density at radius 3 is 2.62 bits per heavy atom. The number of aromatic nitrogens is 1. The Bertz CT molecular complexity index is 618. The predicted octanol–water partition coefficient (Wildman–Crippen LogP) is 4.05. The van der Waals surface area contributed by atoms with Crippen LogP contribution in [0.25, 0.3) is 10.2 Å². The Kier molecular flexibility index (Phi) is 4.70. The highest BCUT2D eigenvalue weighted by Crippen LogP contribution is 2.53. The third-order valence-corrected chi connectivity index (χ3v) is 8.13. The summed E-state index contributed by atoms with van der Waals surface area (Å²) in [4.78, 5) is 4.23. The normalized spacial score (nSPS) is 13.6. The maximum Gasteiger partial charge on any atom is 0.181 e. The average molecular weight is 329 g/mol. The van der Waals surface area contributed by atoms with Crippen molar-refractivity contribution < 1.29 is 8.92 Å². The van der Waals surface area contributed by atoms with Gasteiger partial charge in [0, 0.05) is 4.75 Å². The summed E-state index contributed by atoms with van der Waals surface area (Å²) in [7, 11) is -1.09. The van der Waals surface area contributed by atoms with Crippen molar-refractivity contribution in [3.8, 4) is 5.75 Å². The number of benzene rings is 1. The van der Waals surface area contributed by atoms with Crippen molar-refractivity contribution in [3.05, 3.63) is 18.2 Å². The monoisotopic (exact) mass is 328 g/mol. The van der Waals surface area contributed by atoms with E-state index in [0.29, 0.717) is 18.3 Å². The molecule has 0 unspecified atom stereocenters. The van der Waals surface area contributed by atoms with Crippen molar-refractivity contribution in [2.45, 2.75) is 25.5 Å². The van der Waals surface area contributed by atoms with Gasteiger partial charge in [0.25, 0.3) is 0 Å². The molecular formula is C15H24N2O2S2. The largest absolute Gasteiger partial charge is 0.491 e. The highest BCUT2D eigenvalue weighted by Gasteiger charge is 2.28. The minimum Gasteiger partial charge on any atom is -0.491 e. The lowest BCUT2D eigenvalue weighted by molar-refractivity contribution is 0.231. The fourth-order valence-corrected chi connectivity index (χ4v) is 3.19. The SMILES string of the molecule is CC(C)(C)S(C)(C)OCCOc1ccc2nc(N)sc2c1.